The molecule has 4 atom stereocenters. The van der Waals surface area contributed by atoms with Gasteiger partial charge in [0.05, 0.1) is 11.8 Å². The van der Waals surface area contributed by atoms with Gasteiger partial charge in [-0.2, -0.15) is 0 Å². The third-order valence-electron chi connectivity index (χ3n) is 6.39. The highest BCUT2D eigenvalue weighted by Crippen LogP contribution is 2.52. The first-order chi connectivity index (χ1) is 14.5. The molecule has 1 saturated carbocycles. The predicted octanol–water partition coefficient (Wildman–Crippen LogP) is 1.16. The van der Waals surface area contributed by atoms with Crippen molar-refractivity contribution in [3.8, 4) is 0 Å². The summed E-state index contributed by atoms with van der Waals surface area (Å²) in [5.74, 6) is 2.53. The van der Waals surface area contributed by atoms with E-state index in [1.807, 2.05) is 18.5 Å². The van der Waals surface area contributed by atoms with Crippen molar-refractivity contribution in [2.45, 2.75) is 26.3 Å². The summed E-state index contributed by atoms with van der Waals surface area (Å²) in [4.78, 5) is 31.5. The largest absolute Gasteiger partial charge is 0.356 e. The Morgan fingerprint density at radius 3 is 2.48 bits per heavy atom. The van der Waals surface area contributed by atoms with Crippen LogP contribution < -0.4 is 10.6 Å². The van der Waals surface area contributed by atoms with Gasteiger partial charge in [0.2, 0.25) is 11.8 Å². The third-order valence-corrected chi connectivity index (χ3v) is 6.39. The molecule has 1 aliphatic heterocycles. The second-order valence-corrected chi connectivity index (χ2v) is 8.17. The highest BCUT2D eigenvalue weighted by Gasteiger charge is 2.58. The van der Waals surface area contributed by atoms with Gasteiger partial charge in [0.1, 0.15) is 12.4 Å². The van der Waals surface area contributed by atoms with Crippen LogP contribution in [0, 0.1) is 30.6 Å². The lowest BCUT2D eigenvalue weighted by Crippen LogP contribution is -2.40. The smallest absolute Gasteiger partial charge is 0.233 e. The lowest BCUT2D eigenvalue weighted by atomic mass is 9.85. The van der Waals surface area contributed by atoms with Crippen molar-refractivity contribution < 1.29 is 9.59 Å². The fraction of sp³-hybridized carbons (Fsp3) is 0.571. The zero-order valence-electron chi connectivity index (χ0n) is 18.0. The number of fused-ring (bicyclic) bond motifs is 5. The Morgan fingerprint density at radius 1 is 1.23 bits per heavy atom. The van der Waals surface area contributed by atoms with Crippen molar-refractivity contribution in [2.24, 2.45) is 35.7 Å². The van der Waals surface area contributed by atoms with E-state index in [4.69, 9.17) is 0 Å². The first kappa shape index (κ1) is 23.4. The van der Waals surface area contributed by atoms with Crippen LogP contribution in [0.4, 0.5) is 0 Å². The van der Waals surface area contributed by atoms with E-state index in [0.717, 1.165) is 18.1 Å². The summed E-state index contributed by atoms with van der Waals surface area (Å²) in [7, 11) is 1.91. The molecular weight excluding hydrogens is 509 g/mol. The van der Waals surface area contributed by atoms with Crippen molar-refractivity contribution in [3.63, 3.8) is 0 Å². The number of hydrogen-bond donors (Lipinski definition) is 2. The summed E-state index contributed by atoms with van der Waals surface area (Å²) >= 11 is 0. The summed E-state index contributed by atoms with van der Waals surface area (Å²) < 4.78 is 1.90. The second-order valence-electron chi connectivity index (χ2n) is 8.17. The predicted molar refractivity (Wildman–Crippen MR) is 128 cm³/mol. The van der Waals surface area contributed by atoms with Crippen LogP contribution in [0.15, 0.2) is 29.8 Å². The fourth-order valence-electron chi connectivity index (χ4n) is 4.71. The number of guanidine groups is 1. The van der Waals surface area contributed by atoms with Crippen molar-refractivity contribution >= 4 is 41.8 Å². The van der Waals surface area contributed by atoms with Gasteiger partial charge in [-0.3, -0.25) is 14.5 Å². The molecule has 3 aliphatic rings. The number of imide groups is 1. The van der Waals surface area contributed by atoms with Crippen LogP contribution in [-0.4, -0.2) is 57.1 Å². The van der Waals surface area contributed by atoms with Crippen molar-refractivity contribution in [1.29, 1.82) is 0 Å². The Labute approximate surface area is 199 Å². The number of hydrogen-bond acceptors (Lipinski definition) is 5. The molecule has 4 unspecified atom stereocenters. The maximum atomic E-state index is 12.7. The topological polar surface area (TPSA) is 105 Å². The molecule has 2 N–H and O–H groups in total. The molecule has 10 heteroatoms. The zero-order valence-corrected chi connectivity index (χ0v) is 20.3. The number of aromatic nitrogens is 3. The van der Waals surface area contributed by atoms with E-state index in [9.17, 15) is 9.59 Å². The first-order valence-corrected chi connectivity index (χ1v) is 10.5. The Hall–Kier alpha value is -2.24. The number of likely N-dealkylation sites (tertiary alicyclic amines) is 1. The normalized spacial score (nSPS) is 26.3. The van der Waals surface area contributed by atoms with Gasteiger partial charge in [-0.05, 0) is 31.6 Å². The number of carbonyl (C=O) groups is 2. The summed E-state index contributed by atoms with van der Waals surface area (Å²) in [6.45, 7) is 7.62. The van der Waals surface area contributed by atoms with Gasteiger partial charge in [0.15, 0.2) is 11.8 Å². The van der Waals surface area contributed by atoms with Crippen LogP contribution in [0.3, 0.4) is 0 Å². The van der Waals surface area contributed by atoms with E-state index in [0.29, 0.717) is 38.6 Å². The van der Waals surface area contributed by atoms with E-state index in [-0.39, 0.29) is 59.5 Å². The van der Waals surface area contributed by atoms with Gasteiger partial charge in [0, 0.05) is 26.7 Å². The van der Waals surface area contributed by atoms with Crippen molar-refractivity contribution in [3.05, 3.63) is 36.5 Å². The molecule has 2 heterocycles. The minimum atomic E-state index is -0.123. The number of nitrogens with one attached hydrogen (secondary N) is 2. The summed E-state index contributed by atoms with van der Waals surface area (Å²) in [6, 6.07) is 0. The van der Waals surface area contributed by atoms with Gasteiger partial charge in [-0.15, -0.1) is 40.8 Å². The van der Waals surface area contributed by atoms with Crippen LogP contribution in [0.25, 0.3) is 0 Å². The maximum Gasteiger partial charge on any atom is 0.233 e. The number of carbonyl (C=O) groups excluding carboxylic acids is 2. The Kier molecular flexibility index (Phi) is 7.50. The quantitative estimate of drug-likeness (QED) is 0.128. The van der Waals surface area contributed by atoms with Crippen molar-refractivity contribution in [2.75, 3.05) is 19.6 Å². The molecule has 2 fully saturated rings. The number of nitrogens with zero attached hydrogens (tertiary/aromatic N) is 5. The van der Waals surface area contributed by atoms with Gasteiger partial charge in [0.25, 0.3) is 0 Å². The zero-order chi connectivity index (χ0) is 21.3. The van der Waals surface area contributed by atoms with Crippen LogP contribution >= 0.6 is 24.0 Å². The average Bonchev–Trinajstić information content (AvgIpc) is 3.48. The number of halogens is 1. The van der Waals surface area contributed by atoms with E-state index in [1.54, 1.807) is 6.08 Å². The highest BCUT2D eigenvalue weighted by atomic mass is 127. The van der Waals surface area contributed by atoms with Gasteiger partial charge in [-0.1, -0.05) is 18.2 Å². The second kappa shape index (κ2) is 9.92. The van der Waals surface area contributed by atoms with E-state index in [1.165, 1.54) is 4.90 Å². The molecule has 168 valence electrons. The molecule has 31 heavy (non-hydrogen) atoms. The molecule has 1 saturated heterocycles. The SMILES string of the molecule is C=CCNC(=NCc1nnc(C)n1C)NCCCN1C(=O)C2C3C=CC(C3)C2C1=O.I. The average molecular weight is 539 g/mol. The fourth-order valence-corrected chi connectivity index (χ4v) is 4.71. The third kappa shape index (κ3) is 4.53. The molecule has 1 aromatic rings. The molecule has 2 amide bonds. The molecule has 4 rings (SSSR count). The summed E-state index contributed by atoms with van der Waals surface area (Å²) in [6.07, 6.45) is 7.62. The van der Waals surface area contributed by atoms with Gasteiger partial charge >= 0.3 is 0 Å². The molecular formula is C21H30IN7O2. The van der Waals surface area contributed by atoms with Crippen LogP contribution in [0.1, 0.15) is 24.5 Å². The molecule has 0 spiro atoms. The van der Waals surface area contributed by atoms with Crippen LogP contribution in [0.2, 0.25) is 0 Å². The number of aliphatic imine (C=N–C) groups is 1. The lowest BCUT2D eigenvalue weighted by Gasteiger charge is -2.18. The minimum absolute atomic E-state index is 0. The lowest BCUT2D eigenvalue weighted by molar-refractivity contribution is -0.140. The molecule has 2 aliphatic carbocycles. The van der Waals surface area contributed by atoms with Gasteiger partial charge in [-0.25, -0.2) is 4.99 Å². The standard InChI is InChI=1S/C21H29N7O2.HI/c1-4-8-22-21(24-12-16-26-25-13(2)27(16)3)23-9-5-10-28-19(29)17-14-6-7-15(11-14)18(17)20(28)30;/h4,6-7,14-15,17-18H,1,5,8-12H2,2-3H3,(H2,22,23,24);1H. The Balaban J connectivity index is 0.00000272. The van der Waals surface area contributed by atoms with E-state index < -0.39 is 0 Å². The van der Waals surface area contributed by atoms with Gasteiger partial charge < -0.3 is 15.2 Å². The minimum Gasteiger partial charge on any atom is -0.356 e. The highest BCUT2D eigenvalue weighted by molar-refractivity contribution is 14.0. The summed E-state index contributed by atoms with van der Waals surface area (Å²) in [5.41, 5.74) is 0. The van der Waals surface area contributed by atoms with Crippen LogP contribution in [0.5, 0.6) is 0 Å². The molecule has 0 aromatic carbocycles. The molecule has 2 bridgehead atoms. The van der Waals surface area contributed by atoms with E-state index >= 15 is 0 Å². The Morgan fingerprint density at radius 2 is 1.90 bits per heavy atom. The molecule has 1 aromatic heterocycles. The monoisotopic (exact) mass is 539 g/mol. The number of aryl methyl sites for hydroxylation is 1. The number of amides is 2. The molecule has 0 radical (unpaired) electrons. The summed E-state index contributed by atoms with van der Waals surface area (Å²) in [5, 5.41) is 14.6. The van der Waals surface area contributed by atoms with Crippen LogP contribution in [-0.2, 0) is 23.2 Å². The number of rotatable bonds is 8. The first-order valence-electron chi connectivity index (χ1n) is 10.5. The Bertz CT molecular complexity index is 880. The van der Waals surface area contributed by atoms with E-state index in [2.05, 4.69) is 44.6 Å². The maximum absolute atomic E-state index is 12.7. The number of allylic oxidation sites excluding steroid dienone is 2. The van der Waals surface area contributed by atoms with Crippen molar-refractivity contribution in [1.82, 2.24) is 30.3 Å². The molecule has 9 nitrogen and oxygen atoms in total.